The second kappa shape index (κ2) is 8.53. The zero-order valence-electron chi connectivity index (χ0n) is 12.6. The van der Waals surface area contributed by atoms with Crippen LogP contribution in [0.5, 0.6) is 0 Å². The summed E-state index contributed by atoms with van der Waals surface area (Å²) in [6.45, 7) is 5.86. The minimum absolute atomic E-state index is 0. The molecule has 8 heteroatoms. The third kappa shape index (κ3) is 5.61. The number of amides is 1. The summed E-state index contributed by atoms with van der Waals surface area (Å²) in [7, 11) is 0. The number of morpholine rings is 1. The Morgan fingerprint density at radius 3 is 2.41 bits per heavy atom. The average Bonchev–Trinajstić information content (AvgIpc) is 2.38. The number of nitrogens with one attached hydrogen (secondary N) is 1. The summed E-state index contributed by atoms with van der Waals surface area (Å²) >= 11 is 0. The first-order valence-corrected chi connectivity index (χ1v) is 6.60. The summed E-state index contributed by atoms with van der Waals surface area (Å²) in [4.78, 5) is 13.9. The minimum Gasteiger partial charge on any atom is -0.378 e. The summed E-state index contributed by atoms with van der Waals surface area (Å²) in [6, 6.07) is 4.49. The number of hydrogen-bond acceptors (Lipinski definition) is 4. The maximum absolute atomic E-state index is 13.7. The normalized spacial score (nSPS) is 14.6. The number of carbonyl (C=O) groups is 1. The van der Waals surface area contributed by atoms with Crippen LogP contribution in [-0.2, 0) is 9.53 Å². The lowest BCUT2D eigenvalue weighted by Crippen LogP contribution is -2.45. The Balaban J connectivity index is 0.00000220. The number of hydrogen-bond donors (Lipinski definition) is 2. The standard InChI is InChI=1S/C14H20FN3O2.2ClH/c1-14(2,16)13(19)17-11-7-10(15)8-12(9-11)18-3-5-20-6-4-18;;/h7-9H,3-6,16H2,1-2H3,(H,17,19);2*1H. The van der Waals surface area contributed by atoms with Crippen LogP contribution in [0.2, 0.25) is 0 Å². The van der Waals surface area contributed by atoms with Crippen LogP contribution in [0.15, 0.2) is 18.2 Å². The molecule has 0 saturated carbocycles. The van der Waals surface area contributed by atoms with Gasteiger partial charge in [0.1, 0.15) is 5.82 Å². The molecule has 0 spiro atoms. The molecule has 1 aromatic rings. The largest absolute Gasteiger partial charge is 0.378 e. The maximum Gasteiger partial charge on any atom is 0.243 e. The van der Waals surface area contributed by atoms with E-state index in [0.29, 0.717) is 32.0 Å². The second-order valence-corrected chi connectivity index (χ2v) is 5.47. The van der Waals surface area contributed by atoms with Gasteiger partial charge >= 0.3 is 0 Å². The number of halogens is 3. The Labute approximate surface area is 142 Å². The molecule has 1 fully saturated rings. The van der Waals surface area contributed by atoms with Gasteiger partial charge in [0.05, 0.1) is 18.8 Å². The van der Waals surface area contributed by atoms with E-state index in [1.807, 2.05) is 4.90 Å². The van der Waals surface area contributed by atoms with Crippen molar-refractivity contribution in [2.24, 2.45) is 5.73 Å². The monoisotopic (exact) mass is 353 g/mol. The van der Waals surface area contributed by atoms with Crippen LogP contribution in [0.4, 0.5) is 15.8 Å². The van der Waals surface area contributed by atoms with E-state index in [1.54, 1.807) is 19.9 Å². The summed E-state index contributed by atoms with van der Waals surface area (Å²) in [5.74, 6) is -0.741. The minimum atomic E-state index is -1.01. The molecular weight excluding hydrogens is 332 g/mol. The van der Waals surface area contributed by atoms with E-state index in [-0.39, 0.29) is 36.5 Å². The van der Waals surface area contributed by atoms with E-state index in [2.05, 4.69) is 5.32 Å². The average molecular weight is 354 g/mol. The van der Waals surface area contributed by atoms with Crippen LogP contribution in [-0.4, -0.2) is 37.7 Å². The van der Waals surface area contributed by atoms with Gasteiger partial charge in [0, 0.05) is 24.5 Å². The van der Waals surface area contributed by atoms with E-state index in [1.165, 1.54) is 12.1 Å². The highest BCUT2D eigenvalue weighted by Gasteiger charge is 2.22. The Bertz CT molecular complexity index is 503. The lowest BCUT2D eigenvalue weighted by molar-refractivity contribution is -0.120. The van der Waals surface area contributed by atoms with Gasteiger partial charge in [-0.25, -0.2) is 4.39 Å². The number of benzene rings is 1. The van der Waals surface area contributed by atoms with Crippen molar-refractivity contribution in [3.8, 4) is 0 Å². The predicted octanol–water partition coefficient (Wildman–Crippen LogP) is 2.18. The molecule has 1 aromatic carbocycles. The van der Waals surface area contributed by atoms with Gasteiger partial charge in [-0.15, -0.1) is 24.8 Å². The Hall–Kier alpha value is -1.08. The van der Waals surface area contributed by atoms with Crippen molar-refractivity contribution >= 4 is 42.1 Å². The second-order valence-electron chi connectivity index (χ2n) is 5.47. The zero-order valence-corrected chi connectivity index (χ0v) is 14.2. The van der Waals surface area contributed by atoms with Gasteiger partial charge in [0.2, 0.25) is 5.91 Å². The lowest BCUT2D eigenvalue weighted by Gasteiger charge is -2.29. The molecule has 1 aliphatic rings. The Morgan fingerprint density at radius 2 is 1.86 bits per heavy atom. The molecule has 1 aliphatic heterocycles. The topological polar surface area (TPSA) is 67.6 Å². The molecule has 1 heterocycles. The molecule has 2 rings (SSSR count). The number of nitrogens with two attached hydrogens (primary N) is 1. The molecule has 1 saturated heterocycles. The van der Waals surface area contributed by atoms with E-state index in [9.17, 15) is 9.18 Å². The van der Waals surface area contributed by atoms with E-state index >= 15 is 0 Å². The predicted molar refractivity (Wildman–Crippen MR) is 90.8 cm³/mol. The maximum atomic E-state index is 13.7. The number of anilines is 2. The summed E-state index contributed by atoms with van der Waals surface area (Å²) in [5, 5.41) is 2.64. The number of nitrogens with zero attached hydrogens (tertiary/aromatic N) is 1. The quantitative estimate of drug-likeness (QED) is 0.873. The molecular formula is C14H22Cl2FN3O2. The van der Waals surface area contributed by atoms with Gasteiger partial charge in [0.15, 0.2) is 0 Å². The van der Waals surface area contributed by atoms with Crippen molar-refractivity contribution in [2.45, 2.75) is 19.4 Å². The van der Waals surface area contributed by atoms with Gasteiger partial charge in [0.25, 0.3) is 0 Å². The molecule has 0 aromatic heterocycles. The van der Waals surface area contributed by atoms with Gasteiger partial charge < -0.3 is 20.7 Å². The fraction of sp³-hybridized carbons (Fsp3) is 0.500. The van der Waals surface area contributed by atoms with Gasteiger partial charge in [-0.3, -0.25) is 4.79 Å². The molecule has 0 radical (unpaired) electrons. The molecule has 0 atom stereocenters. The number of carbonyl (C=O) groups excluding carboxylic acids is 1. The van der Waals surface area contributed by atoms with Crippen molar-refractivity contribution in [3.63, 3.8) is 0 Å². The third-order valence-electron chi connectivity index (χ3n) is 3.10. The van der Waals surface area contributed by atoms with Crippen LogP contribution in [0.3, 0.4) is 0 Å². The molecule has 1 amide bonds. The molecule has 0 aliphatic carbocycles. The van der Waals surface area contributed by atoms with E-state index in [4.69, 9.17) is 10.5 Å². The fourth-order valence-electron chi connectivity index (χ4n) is 1.94. The van der Waals surface area contributed by atoms with Gasteiger partial charge in [-0.1, -0.05) is 0 Å². The SMILES string of the molecule is CC(C)(N)C(=O)Nc1cc(F)cc(N2CCOCC2)c1.Cl.Cl. The third-order valence-corrected chi connectivity index (χ3v) is 3.10. The molecule has 126 valence electrons. The first-order valence-electron chi connectivity index (χ1n) is 6.60. The van der Waals surface area contributed by atoms with Gasteiger partial charge in [-0.2, -0.15) is 0 Å². The Kier molecular flexibility index (Phi) is 8.11. The fourth-order valence-corrected chi connectivity index (χ4v) is 1.94. The first kappa shape index (κ1) is 20.9. The Morgan fingerprint density at radius 1 is 1.27 bits per heavy atom. The summed E-state index contributed by atoms with van der Waals surface area (Å²) in [6.07, 6.45) is 0. The highest BCUT2D eigenvalue weighted by molar-refractivity contribution is 5.97. The molecule has 0 bridgehead atoms. The van der Waals surface area contributed by atoms with E-state index in [0.717, 1.165) is 5.69 Å². The number of ether oxygens (including phenoxy) is 1. The zero-order chi connectivity index (χ0) is 14.8. The van der Waals surface area contributed by atoms with E-state index < -0.39 is 5.54 Å². The highest BCUT2D eigenvalue weighted by Crippen LogP contribution is 2.23. The van der Waals surface area contributed by atoms with Crippen LogP contribution in [0.25, 0.3) is 0 Å². The van der Waals surface area contributed by atoms with Crippen molar-refractivity contribution in [1.29, 1.82) is 0 Å². The van der Waals surface area contributed by atoms with Crippen LogP contribution in [0, 0.1) is 5.82 Å². The molecule has 0 unspecified atom stereocenters. The van der Waals surface area contributed by atoms with Gasteiger partial charge in [-0.05, 0) is 32.0 Å². The molecule has 22 heavy (non-hydrogen) atoms. The van der Waals surface area contributed by atoms with Crippen molar-refractivity contribution in [1.82, 2.24) is 0 Å². The van der Waals surface area contributed by atoms with Crippen molar-refractivity contribution < 1.29 is 13.9 Å². The first-order chi connectivity index (χ1) is 9.36. The lowest BCUT2D eigenvalue weighted by atomic mass is 10.1. The van der Waals surface area contributed by atoms with Crippen molar-refractivity contribution in [3.05, 3.63) is 24.0 Å². The molecule has 3 N–H and O–H groups in total. The van der Waals surface area contributed by atoms with Crippen LogP contribution >= 0.6 is 24.8 Å². The smallest absolute Gasteiger partial charge is 0.243 e. The van der Waals surface area contributed by atoms with Crippen molar-refractivity contribution in [2.75, 3.05) is 36.5 Å². The highest BCUT2D eigenvalue weighted by atomic mass is 35.5. The summed E-state index contributed by atoms with van der Waals surface area (Å²) in [5.41, 5.74) is 5.85. The summed E-state index contributed by atoms with van der Waals surface area (Å²) < 4.78 is 19.0. The molecule has 5 nitrogen and oxygen atoms in total. The number of rotatable bonds is 3. The van der Waals surface area contributed by atoms with Crippen LogP contribution < -0.4 is 16.0 Å². The van der Waals surface area contributed by atoms with Crippen LogP contribution in [0.1, 0.15) is 13.8 Å².